The zero-order chi connectivity index (χ0) is 14.3. The van der Waals surface area contributed by atoms with Crippen LogP contribution in [0.2, 0.25) is 0 Å². The smallest absolute Gasteiger partial charge is 0.225 e. The quantitative estimate of drug-likeness (QED) is 0.655. The van der Waals surface area contributed by atoms with Crippen LogP contribution in [-0.4, -0.2) is 49.8 Å². The number of rotatable bonds is 5. The second kappa shape index (κ2) is 7.37. The third-order valence-corrected chi connectivity index (χ3v) is 2.32. The van der Waals surface area contributed by atoms with E-state index in [0.29, 0.717) is 11.4 Å². The number of carbonyl (C=O) groups is 2. The maximum atomic E-state index is 11.3. The van der Waals surface area contributed by atoms with Crippen LogP contribution in [0.25, 0.3) is 0 Å². The van der Waals surface area contributed by atoms with Crippen molar-refractivity contribution in [2.75, 3.05) is 28.2 Å². The first-order valence-corrected chi connectivity index (χ1v) is 5.57. The Bertz CT molecular complexity index is 334. The summed E-state index contributed by atoms with van der Waals surface area (Å²) >= 11 is 0. The van der Waals surface area contributed by atoms with E-state index in [-0.39, 0.29) is 24.7 Å². The van der Waals surface area contributed by atoms with Gasteiger partial charge < -0.3 is 21.3 Å². The van der Waals surface area contributed by atoms with E-state index in [0.717, 1.165) is 0 Å². The summed E-state index contributed by atoms with van der Waals surface area (Å²) in [6.07, 6.45) is 3.48. The Morgan fingerprint density at radius 2 is 1.11 bits per heavy atom. The number of nitrogens with zero attached hydrogens (tertiary/aromatic N) is 2. The van der Waals surface area contributed by atoms with Crippen LogP contribution in [0.3, 0.4) is 0 Å². The summed E-state index contributed by atoms with van der Waals surface area (Å²) in [4.78, 5) is 25.6. The number of nitrogens with two attached hydrogens (primary N) is 2. The van der Waals surface area contributed by atoms with Crippen molar-refractivity contribution in [3.63, 3.8) is 0 Å². The molecule has 0 atom stereocenters. The Kier molecular flexibility index (Phi) is 6.56. The Morgan fingerprint density at radius 3 is 1.33 bits per heavy atom. The average molecular weight is 254 g/mol. The summed E-state index contributed by atoms with van der Waals surface area (Å²) < 4.78 is 0. The normalized spacial score (nSPS) is 12.2. The maximum absolute atomic E-state index is 11.3. The Balaban J connectivity index is 4.45. The lowest BCUT2D eigenvalue weighted by molar-refractivity contribution is -0.128. The van der Waals surface area contributed by atoms with Crippen molar-refractivity contribution in [1.29, 1.82) is 0 Å². The standard InChI is InChI=1S/C12H22N4O2/c1-15(2)11(17)7-5-9(13)10(14)6-8-12(18)16(3)4/h5-6H,7-8,13-14H2,1-4H3. The van der Waals surface area contributed by atoms with E-state index in [4.69, 9.17) is 11.5 Å². The number of amides is 2. The molecule has 0 heterocycles. The van der Waals surface area contributed by atoms with Gasteiger partial charge in [0, 0.05) is 41.0 Å². The Morgan fingerprint density at radius 1 is 0.833 bits per heavy atom. The van der Waals surface area contributed by atoms with Crippen molar-refractivity contribution in [3.8, 4) is 0 Å². The molecule has 6 nitrogen and oxygen atoms in total. The van der Waals surface area contributed by atoms with Crippen LogP contribution in [0, 0.1) is 0 Å². The lowest BCUT2D eigenvalue weighted by Gasteiger charge is -2.09. The molecule has 102 valence electrons. The minimum absolute atomic E-state index is 0.0601. The van der Waals surface area contributed by atoms with Crippen molar-refractivity contribution in [3.05, 3.63) is 23.5 Å². The minimum atomic E-state index is -0.0601. The highest BCUT2D eigenvalue weighted by Gasteiger charge is 2.04. The van der Waals surface area contributed by atoms with Crippen molar-refractivity contribution >= 4 is 11.8 Å². The van der Waals surface area contributed by atoms with Gasteiger partial charge in [0.15, 0.2) is 0 Å². The third-order valence-electron chi connectivity index (χ3n) is 2.32. The third kappa shape index (κ3) is 5.93. The van der Waals surface area contributed by atoms with Crippen LogP contribution in [0.15, 0.2) is 23.5 Å². The molecule has 0 unspecified atom stereocenters. The highest BCUT2D eigenvalue weighted by molar-refractivity contribution is 5.78. The van der Waals surface area contributed by atoms with E-state index in [9.17, 15) is 9.59 Å². The Hall–Kier alpha value is -1.98. The van der Waals surface area contributed by atoms with Crippen molar-refractivity contribution in [2.45, 2.75) is 12.8 Å². The molecule has 0 aromatic carbocycles. The number of hydrogen-bond acceptors (Lipinski definition) is 4. The molecular weight excluding hydrogens is 232 g/mol. The van der Waals surface area contributed by atoms with E-state index in [1.54, 1.807) is 40.3 Å². The topological polar surface area (TPSA) is 92.7 Å². The summed E-state index contributed by atoms with van der Waals surface area (Å²) in [6.45, 7) is 0. The first-order chi connectivity index (χ1) is 8.25. The molecule has 18 heavy (non-hydrogen) atoms. The highest BCUT2D eigenvalue weighted by atomic mass is 16.2. The molecule has 0 spiro atoms. The van der Waals surface area contributed by atoms with Gasteiger partial charge in [0.25, 0.3) is 0 Å². The fourth-order valence-electron chi connectivity index (χ4n) is 0.995. The van der Waals surface area contributed by atoms with Crippen LogP contribution in [0.5, 0.6) is 0 Å². The molecule has 0 saturated carbocycles. The van der Waals surface area contributed by atoms with E-state index in [1.165, 1.54) is 9.80 Å². The second-order valence-electron chi connectivity index (χ2n) is 4.30. The van der Waals surface area contributed by atoms with Gasteiger partial charge in [-0.05, 0) is 0 Å². The molecule has 2 amide bonds. The average Bonchev–Trinajstić information content (AvgIpc) is 2.31. The molecule has 0 aromatic rings. The van der Waals surface area contributed by atoms with Gasteiger partial charge >= 0.3 is 0 Å². The van der Waals surface area contributed by atoms with Gasteiger partial charge in [0.1, 0.15) is 0 Å². The predicted octanol–water partition coefficient (Wildman–Crippen LogP) is -0.372. The molecule has 0 saturated heterocycles. The fourth-order valence-corrected chi connectivity index (χ4v) is 0.995. The van der Waals surface area contributed by atoms with Gasteiger partial charge in [-0.2, -0.15) is 0 Å². The molecule has 0 fully saturated rings. The van der Waals surface area contributed by atoms with Crippen LogP contribution in [0.4, 0.5) is 0 Å². The van der Waals surface area contributed by atoms with Crippen molar-refractivity contribution in [1.82, 2.24) is 9.80 Å². The molecule has 0 aromatic heterocycles. The molecule has 0 rings (SSSR count). The van der Waals surface area contributed by atoms with E-state index >= 15 is 0 Å². The summed E-state index contributed by atoms with van der Waals surface area (Å²) in [6, 6.07) is 0. The largest absolute Gasteiger partial charge is 0.397 e. The van der Waals surface area contributed by atoms with Gasteiger partial charge in [0.2, 0.25) is 11.8 Å². The zero-order valence-corrected chi connectivity index (χ0v) is 11.4. The van der Waals surface area contributed by atoms with E-state index in [2.05, 4.69) is 0 Å². The highest BCUT2D eigenvalue weighted by Crippen LogP contribution is 2.02. The molecule has 0 aliphatic carbocycles. The molecule has 0 radical (unpaired) electrons. The van der Waals surface area contributed by atoms with Crippen molar-refractivity contribution in [2.24, 2.45) is 11.5 Å². The van der Waals surface area contributed by atoms with Gasteiger partial charge in [-0.1, -0.05) is 12.2 Å². The molecular formula is C12H22N4O2. The van der Waals surface area contributed by atoms with Gasteiger partial charge in [-0.3, -0.25) is 9.59 Å². The summed E-state index contributed by atoms with van der Waals surface area (Å²) in [5.41, 5.74) is 12.0. The van der Waals surface area contributed by atoms with Gasteiger partial charge in [0.05, 0.1) is 11.4 Å². The van der Waals surface area contributed by atoms with Gasteiger partial charge in [-0.25, -0.2) is 0 Å². The Labute approximate surface area is 108 Å². The number of carbonyl (C=O) groups excluding carboxylic acids is 2. The van der Waals surface area contributed by atoms with Crippen LogP contribution in [-0.2, 0) is 9.59 Å². The molecule has 4 N–H and O–H groups in total. The number of hydrogen-bond donors (Lipinski definition) is 2. The van der Waals surface area contributed by atoms with E-state index in [1.807, 2.05) is 0 Å². The summed E-state index contributed by atoms with van der Waals surface area (Å²) in [5, 5.41) is 0. The summed E-state index contributed by atoms with van der Waals surface area (Å²) in [5.74, 6) is -0.120. The van der Waals surface area contributed by atoms with E-state index < -0.39 is 0 Å². The lowest BCUT2D eigenvalue weighted by atomic mass is 10.2. The zero-order valence-electron chi connectivity index (χ0n) is 11.4. The fraction of sp³-hybridized carbons (Fsp3) is 0.500. The minimum Gasteiger partial charge on any atom is -0.397 e. The van der Waals surface area contributed by atoms with Crippen LogP contribution in [0.1, 0.15) is 12.8 Å². The monoisotopic (exact) mass is 254 g/mol. The SMILES string of the molecule is CN(C)C(=O)CC=C(N)C(N)=CCC(=O)N(C)C. The lowest BCUT2D eigenvalue weighted by Crippen LogP contribution is -2.22. The van der Waals surface area contributed by atoms with Crippen molar-refractivity contribution < 1.29 is 9.59 Å². The predicted molar refractivity (Wildman–Crippen MR) is 71.2 cm³/mol. The van der Waals surface area contributed by atoms with Crippen LogP contribution < -0.4 is 11.5 Å². The maximum Gasteiger partial charge on any atom is 0.225 e. The molecule has 0 aliphatic rings. The molecule has 0 bridgehead atoms. The summed E-state index contributed by atoms with van der Waals surface area (Å²) in [7, 11) is 6.67. The van der Waals surface area contributed by atoms with Gasteiger partial charge in [-0.15, -0.1) is 0 Å². The molecule has 6 heteroatoms. The first kappa shape index (κ1) is 16.0. The first-order valence-electron chi connectivity index (χ1n) is 5.57. The molecule has 0 aliphatic heterocycles. The second-order valence-corrected chi connectivity index (χ2v) is 4.30. The van der Waals surface area contributed by atoms with Crippen LogP contribution >= 0.6 is 0 Å².